The maximum absolute atomic E-state index is 11.7. The molecule has 0 heterocycles. The summed E-state index contributed by atoms with van der Waals surface area (Å²) in [6.07, 6.45) is 3.07. The molecule has 138 valence electrons. The molecule has 1 fully saturated rings. The number of rotatable bonds is 10. The Morgan fingerprint density at radius 3 is 2.88 bits per heavy atom. The lowest BCUT2D eigenvalue weighted by atomic mass is 10.2. The molecule has 1 aromatic carbocycles. The van der Waals surface area contributed by atoms with E-state index in [0.717, 1.165) is 43.9 Å². The van der Waals surface area contributed by atoms with Crippen molar-refractivity contribution in [3.05, 3.63) is 29.8 Å². The van der Waals surface area contributed by atoms with Crippen LogP contribution in [0.4, 0.5) is 0 Å². The number of nitrogens with one attached hydrogen (secondary N) is 3. The molecule has 25 heavy (non-hydrogen) atoms. The summed E-state index contributed by atoms with van der Waals surface area (Å²) in [4.78, 5) is 15.9. The molecule has 3 N–H and O–H groups in total. The highest BCUT2D eigenvalue weighted by molar-refractivity contribution is 5.79. The van der Waals surface area contributed by atoms with Gasteiger partial charge in [0.1, 0.15) is 5.75 Å². The Balaban J connectivity index is 1.72. The summed E-state index contributed by atoms with van der Waals surface area (Å²) in [5.74, 6) is 1.37. The predicted octanol–water partition coefficient (Wildman–Crippen LogP) is 1.05. The van der Waals surface area contributed by atoms with Gasteiger partial charge in [0.25, 0.3) is 5.91 Å². The van der Waals surface area contributed by atoms with E-state index in [4.69, 9.17) is 9.47 Å². The van der Waals surface area contributed by atoms with Crippen LogP contribution in [-0.4, -0.2) is 51.8 Å². The maximum atomic E-state index is 11.7. The van der Waals surface area contributed by atoms with Gasteiger partial charge in [0.2, 0.25) is 0 Å². The van der Waals surface area contributed by atoms with Crippen molar-refractivity contribution in [3.63, 3.8) is 0 Å². The van der Waals surface area contributed by atoms with Gasteiger partial charge in [-0.1, -0.05) is 12.1 Å². The van der Waals surface area contributed by atoms with Crippen LogP contribution in [0.25, 0.3) is 0 Å². The van der Waals surface area contributed by atoms with E-state index in [2.05, 4.69) is 20.9 Å². The summed E-state index contributed by atoms with van der Waals surface area (Å²) in [6.45, 7) is 2.19. The van der Waals surface area contributed by atoms with E-state index in [9.17, 15) is 4.79 Å². The van der Waals surface area contributed by atoms with Crippen LogP contribution >= 0.6 is 0 Å². The van der Waals surface area contributed by atoms with Crippen LogP contribution in [0.5, 0.6) is 5.75 Å². The molecule has 0 radical (unpaired) electrons. The molecule has 1 aliphatic rings. The molecule has 0 saturated heterocycles. The first kappa shape index (κ1) is 19.1. The fourth-order valence-corrected chi connectivity index (χ4v) is 2.22. The number of benzene rings is 1. The summed E-state index contributed by atoms with van der Waals surface area (Å²) in [6, 6.07) is 8.05. The zero-order chi connectivity index (χ0) is 17.9. The third kappa shape index (κ3) is 7.89. The Morgan fingerprint density at radius 2 is 2.16 bits per heavy atom. The molecule has 1 saturated carbocycles. The van der Waals surface area contributed by atoms with E-state index < -0.39 is 0 Å². The highest BCUT2D eigenvalue weighted by Crippen LogP contribution is 2.18. The number of aliphatic imine (C=N–C) groups is 1. The van der Waals surface area contributed by atoms with Crippen molar-refractivity contribution in [1.29, 1.82) is 0 Å². The third-order valence-electron chi connectivity index (χ3n) is 3.71. The SMILES string of the molecule is CN=C(NCCCOC)NCc1cccc(OCC(=O)NC2CC2)c1. The first-order valence-corrected chi connectivity index (χ1v) is 8.66. The Bertz CT molecular complexity index is 573. The van der Waals surface area contributed by atoms with Gasteiger partial charge in [-0.15, -0.1) is 0 Å². The van der Waals surface area contributed by atoms with E-state index in [1.807, 2.05) is 24.3 Å². The zero-order valence-electron chi connectivity index (χ0n) is 15.0. The van der Waals surface area contributed by atoms with Crippen molar-refractivity contribution in [2.24, 2.45) is 4.99 Å². The number of methoxy groups -OCH3 is 1. The Labute approximate surface area is 149 Å². The van der Waals surface area contributed by atoms with Crippen LogP contribution in [0.3, 0.4) is 0 Å². The van der Waals surface area contributed by atoms with Gasteiger partial charge in [0.15, 0.2) is 12.6 Å². The van der Waals surface area contributed by atoms with E-state index >= 15 is 0 Å². The summed E-state index contributed by atoms with van der Waals surface area (Å²) < 4.78 is 10.6. The lowest BCUT2D eigenvalue weighted by Gasteiger charge is -2.12. The summed E-state index contributed by atoms with van der Waals surface area (Å²) >= 11 is 0. The molecule has 0 atom stereocenters. The second kappa shape index (κ2) is 10.6. The van der Waals surface area contributed by atoms with Crippen molar-refractivity contribution in [2.75, 3.05) is 33.9 Å². The summed E-state index contributed by atoms with van der Waals surface area (Å²) in [5, 5.41) is 9.39. The minimum absolute atomic E-state index is 0.0517. The van der Waals surface area contributed by atoms with Gasteiger partial charge >= 0.3 is 0 Å². The number of carbonyl (C=O) groups is 1. The molecular formula is C18H28N4O3. The molecule has 1 aromatic rings. The average molecular weight is 348 g/mol. The van der Waals surface area contributed by atoms with E-state index in [1.165, 1.54) is 0 Å². The molecule has 0 aromatic heterocycles. The van der Waals surface area contributed by atoms with Gasteiger partial charge in [0, 0.05) is 39.9 Å². The van der Waals surface area contributed by atoms with Crippen molar-refractivity contribution in [2.45, 2.75) is 31.8 Å². The fraction of sp³-hybridized carbons (Fsp3) is 0.556. The lowest BCUT2D eigenvalue weighted by Crippen LogP contribution is -2.37. The normalized spacial score (nSPS) is 14.1. The van der Waals surface area contributed by atoms with Gasteiger partial charge in [0.05, 0.1) is 0 Å². The molecule has 1 amide bonds. The molecule has 0 bridgehead atoms. The van der Waals surface area contributed by atoms with Crippen molar-refractivity contribution in [1.82, 2.24) is 16.0 Å². The molecule has 2 rings (SSSR count). The third-order valence-corrected chi connectivity index (χ3v) is 3.71. The van der Waals surface area contributed by atoms with Crippen molar-refractivity contribution < 1.29 is 14.3 Å². The van der Waals surface area contributed by atoms with Crippen LogP contribution in [0, 0.1) is 0 Å². The minimum atomic E-state index is -0.0633. The van der Waals surface area contributed by atoms with Crippen molar-refractivity contribution in [3.8, 4) is 5.75 Å². The van der Waals surface area contributed by atoms with E-state index in [-0.39, 0.29) is 12.5 Å². The number of hydrogen-bond donors (Lipinski definition) is 3. The zero-order valence-corrected chi connectivity index (χ0v) is 15.0. The molecule has 7 heteroatoms. The average Bonchev–Trinajstić information content (AvgIpc) is 3.44. The Morgan fingerprint density at radius 1 is 1.32 bits per heavy atom. The minimum Gasteiger partial charge on any atom is -0.484 e. The number of amides is 1. The first-order chi connectivity index (χ1) is 12.2. The molecular weight excluding hydrogens is 320 g/mol. The van der Waals surface area contributed by atoms with Crippen LogP contribution in [0.2, 0.25) is 0 Å². The van der Waals surface area contributed by atoms with E-state index in [1.54, 1.807) is 14.2 Å². The molecule has 7 nitrogen and oxygen atoms in total. The molecule has 1 aliphatic carbocycles. The van der Waals surface area contributed by atoms with Crippen LogP contribution < -0.4 is 20.7 Å². The quantitative estimate of drug-likeness (QED) is 0.334. The van der Waals surface area contributed by atoms with Crippen LogP contribution in [0.15, 0.2) is 29.3 Å². The second-order valence-electron chi connectivity index (χ2n) is 5.98. The molecule has 0 spiro atoms. The summed E-state index contributed by atoms with van der Waals surface area (Å²) in [5.41, 5.74) is 1.06. The number of carbonyl (C=O) groups excluding carboxylic acids is 1. The number of nitrogens with zero attached hydrogens (tertiary/aromatic N) is 1. The van der Waals surface area contributed by atoms with Gasteiger partial charge in [-0.25, -0.2) is 0 Å². The van der Waals surface area contributed by atoms with E-state index in [0.29, 0.717) is 18.3 Å². The number of guanidine groups is 1. The largest absolute Gasteiger partial charge is 0.484 e. The summed E-state index contributed by atoms with van der Waals surface area (Å²) in [7, 11) is 3.43. The maximum Gasteiger partial charge on any atom is 0.258 e. The van der Waals surface area contributed by atoms with Crippen LogP contribution in [0.1, 0.15) is 24.8 Å². The highest BCUT2D eigenvalue weighted by Gasteiger charge is 2.23. The first-order valence-electron chi connectivity index (χ1n) is 8.66. The monoisotopic (exact) mass is 348 g/mol. The Kier molecular flexibility index (Phi) is 8.04. The van der Waals surface area contributed by atoms with Crippen molar-refractivity contribution >= 4 is 11.9 Å². The van der Waals surface area contributed by atoms with Gasteiger partial charge in [-0.2, -0.15) is 0 Å². The van der Waals surface area contributed by atoms with Gasteiger partial charge < -0.3 is 25.4 Å². The number of hydrogen-bond acceptors (Lipinski definition) is 4. The smallest absolute Gasteiger partial charge is 0.258 e. The lowest BCUT2D eigenvalue weighted by molar-refractivity contribution is -0.123. The molecule has 0 aliphatic heterocycles. The van der Waals surface area contributed by atoms with Crippen LogP contribution in [-0.2, 0) is 16.1 Å². The Hall–Kier alpha value is -2.28. The molecule has 0 unspecified atom stereocenters. The standard InChI is InChI=1S/C18H28N4O3/c1-19-18(20-9-4-10-24-2)21-12-14-5-3-6-16(11-14)25-13-17(23)22-15-7-8-15/h3,5-6,11,15H,4,7-10,12-13H2,1-2H3,(H,22,23)(H2,19,20,21). The van der Waals surface area contributed by atoms with Gasteiger partial charge in [-0.3, -0.25) is 9.79 Å². The predicted molar refractivity (Wildman–Crippen MR) is 97.8 cm³/mol. The fourth-order valence-electron chi connectivity index (χ4n) is 2.22. The number of ether oxygens (including phenoxy) is 2. The van der Waals surface area contributed by atoms with Gasteiger partial charge in [-0.05, 0) is 37.0 Å². The highest BCUT2D eigenvalue weighted by atomic mass is 16.5. The second-order valence-corrected chi connectivity index (χ2v) is 5.98. The topological polar surface area (TPSA) is 84.0 Å².